The summed E-state index contributed by atoms with van der Waals surface area (Å²) in [4.78, 5) is 17.3. The third kappa shape index (κ3) is 5.73. The van der Waals surface area contributed by atoms with E-state index in [2.05, 4.69) is 10.0 Å². The summed E-state index contributed by atoms with van der Waals surface area (Å²) in [6.45, 7) is 2.40. The number of carbonyl (C=O) groups excluding carboxylic acids is 1. The van der Waals surface area contributed by atoms with Gasteiger partial charge in [-0.3, -0.25) is 4.90 Å². The number of nitrogens with zero attached hydrogens (tertiary/aromatic N) is 4. The van der Waals surface area contributed by atoms with Crippen molar-refractivity contribution < 1.29 is 19.4 Å². The van der Waals surface area contributed by atoms with E-state index in [1.54, 1.807) is 4.90 Å². The van der Waals surface area contributed by atoms with Crippen molar-refractivity contribution in [3.63, 3.8) is 0 Å². The van der Waals surface area contributed by atoms with Crippen LogP contribution in [0.1, 0.15) is 30.9 Å². The molecule has 1 N–H and O–H groups in total. The fourth-order valence-corrected chi connectivity index (χ4v) is 3.51. The molecule has 4 atom stereocenters. The molecule has 1 aliphatic heterocycles. The molecule has 1 heterocycles. The van der Waals surface area contributed by atoms with Gasteiger partial charge in [-0.1, -0.05) is 65.8 Å². The van der Waals surface area contributed by atoms with Gasteiger partial charge in [0, 0.05) is 11.5 Å². The second-order valence-electron chi connectivity index (χ2n) is 7.31. The Morgan fingerprint density at radius 2 is 1.83 bits per heavy atom. The Kier molecular flexibility index (Phi) is 7.68. The standard InChI is InChI=1S/C22H26N4O4/c1-16(20-13-12-19(24-25-23)21(27)30-20)26(14-17-8-4-2-5-9-17)22(28)29-15-18-10-6-3-7-11-18/h2-11,16,19-21,27H,12-15H2,1H3/t16-,19?,20-,21?/m0/s1. The van der Waals surface area contributed by atoms with Crippen molar-refractivity contribution in [2.45, 2.75) is 57.4 Å². The third-order valence-corrected chi connectivity index (χ3v) is 5.26. The molecule has 30 heavy (non-hydrogen) atoms. The van der Waals surface area contributed by atoms with Crippen LogP contribution < -0.4 is 0 Å². The minimum absolute atomic E-state index is 0.171. The third-order valence-electron chi connectivity index (χ3n) is 5.26. The summed E-state index contributed by atoms with van der Waals surface area (Å²) in [5.74, 6) is 0. The Labute approximate surface area is 175 Å². The summed E-state index contributed by atoms with van der Waals surface area (Å²) < 4.78 is 11.2. The smallest absolute Gasteiger partial charge is 0.410 e. The van der Waals surface area contributed by atoms with Gasteiger partial charge in [0.15, 0.2) is 6.29 Å². The number of aliphatic hydroxyl groups excluding tert-OH is 1. The Balaban J connectivity index is 1.71. The Hall–Kier alpha value is -3.06. The summed E-state index contributed by atoms with van der Waals surface area (Å²) in [6.07, 6.45) is -1.01. The van der Waals surface area contributed by atoms with Gasteiger partial charge in [0.2, 0.25) is 0 Å². The second-order valence-corrected chi connectivity index (χ2v) is 7.31. The molecule has 1 amide bonds. The first-order valence-corrected chi connectivity index (χ1v) is 9.97. The summed E-state index contributed by atoms with van der Waals surface area (Å²) in [7, 11) is 0. The van der Waals surface area contributed by atoms with Crippen LogP contribution >= 0.6 is 0 Å². The van der Waals surface area contributed by atoms with Gasteiger partial charge < -0.3 is 14.6 Å². The van der Waals surface area contributed by atoms with Gasteiger partial charge in [-0.05, 0) is 36.4 Å². The van der Waals surface area contributed by atoms with Crippen molar-refractivity contribution in [2.24, 2.45) is 5.11 Å². The molecule has 0 aromatic heterocycles. The number of rotatable bonds is 7. The van der Waals surface area contributed by atoms with Crippen LogP contribution in [0.3, 0.4) is 0 Å². The highest BCUT2D eigenvalue weighted by Gasteiger charge is 2.36. The van der Waals surface area contributed by atoms with Crippen LogP contribution in [0.25, 0.3) is 10.4 Å². The molecule has 3 rings (SSSR count). The number of azide groups is 1. The first kappa shape index (κ1) is 21.6. The first-order valence-electron chi connectivity index (χ1n) is 9.97. The van der Waals surface area contributed by atoms with Gasteiger partial charge in [-0.2, -0.15) is 0 Å². The molecular formula is C22H26N4O4. The molecule has 1 aliphatic rings. The predicted molar refractivity (Wildman–Crippen MR) is 111 cm³/mol. The monoisotopic (exact) mass is 410 g/mol. The quantitative estimate of drug-likeness (QED) is 0.415. The molecule has 2 aromatic carbocycles. The Morgan fingerprint density at radius 1 is 1.20 bits per heavy atom. The maximum Gasteiger partial charge on any atom is 0.410 e. The zero-order valence-corrected chi connectivity index (χ0v) is 16.9. The maximum atomic E-state index is 13.0. The lowest BCUT2D eigenvalue weighted by atomic mass is 9.98. The molecule has 0 aliphatic carbocycles. The van der Waals surface area contributed by atoms with E-state index in [1.165, 1.54) is 0 Å². The van der Waals surface area contributed by atoms with Crippen LogP contribution in [0.4, 0.5) is 4.79 Å². The number of benzene rings is 2. The zero-order valence-electron chi connectivity index (χ0n) is 16.9. The SMILES string of the molecule is C[C@@H]([C@@H]1CCC(N=[N+]=[N-])C(O)O1)N(Cc1ccccc1)C(=O)OCc1ccccc1. The molecule has 2 aromatic rings. The van der Waals surface area contributed by atoms with Crippen LogP contribution in [0.5, 0.6) is 0 Å². The molecule has 0 spiro atoms. The van der Waals surface area contributed by atoms with Crippen molar-refractivity contribution in [1.82, 2.24) is 4.90 Å². The number of ether oxygens (including phenoxy) is 2. The van der Waals surface area contributed by atoms with Gasteiger partial charge in [0.25, 0.3) is 0 Å². The van der Waals surface area contributed by atoms with Crippen molar-refractivity contribution in [3.05, 3.63) is 82.2 Å². The maximum absolute atomic E-state index is 13.0. The van der Waals surface area contributed by atoms with Crippen LogP contribution in [-0.2, 0) is 22.6 Å². The molecule has 158 valence electrons. The number of hydrogen-bond acceptors (Lipinski definition) is 5. The number of carbonyl (C=O) groups is 1. The van der Waals surface area contributed by atoms with E-state index in [0.29, 0.717) is 19.4 Å². The molecule has 8 nitrogen and oxygen atoms in total. The summed E-state index contributed by atoms with van der Waals surface area (Å²) in [5.41, 5.74) is 10.5. The Morgan fingerprint density at radius 3 is 2.43 bits per heavy atom. The van der Waals surface area contributed by atoms with E-state index in [-0.39, 0.29) is 12.6 Å². The van der Waals surface area contributed by atoms with Crippen molar-refractivity contribution in [1.29, 1.82) is 0 Å². The van der Waals surface area contributed by atoms with Crippen LogP contribution in [0.15, 0.2) is 65.8 Å². The van der Waals surface area contributed by atoms with Crippen LogP contribution in [0.2, 0.25) is 0 Å². The summed E-state index contributed by atoms with van der Waals surface area (Å²) in [5, 5.41) is 13.7. The number of hydrogen-bond donors (Lipinski definition) is 1. The van der Waals surface area contributed by atoms with E-state index in [0.717, 1.165) is 11.1 Å². The van der Waals surface area contributed by atoms with Crippen LogP contribution in [-0.4, -0.2) is 40.6 Å². The van der Waals surface area contributed by atoms with Gasteiger partial charge >= 0.3 is 6.09 Å². The highest BCUT2D eigenvalue weighted by atomic mass is 16.6. The van der Waals surface area contributed by atoms with E-state index in [4.69, 9.17) is 15.0 Å². The van der Waals surface area contributed by atoms with Gasteiger partial charge in [0.1, 0.15) is 6.61 Å². The normalized spacial score (nSPS) is 21.9. The summed E-state index contributed by atoms with van der Waals surface area (Å²) in [6, 6.07) is 18.2. The molecule has 0 radical (unpaired) electrons. The van der Waals surface area contributed by atoms with Gasteiger partial charge in [0.05, 0.1) is 18.2 Å². The minimum atomic E-state index is -1.19. The molecule has 0 saturated carbocycles. The number of aliphatic hydroxyl groups is 1. The zero-order chi connectivity index (χ0) is 21.3. The van der Waals surface area contributed by atoms with Gasteiger partial charge in [-0.25, -0.2) is 4.79 Å². The average molecular weight is 410 g/mol. The van der Waals surface area contributed by atoms with Crippen molar-refractivity contribution in [3.8, 4) is 0 Å². The van der Waals surface area contributed by atoms with Crippen molar-refractivity contribution >= 4 is 6.09 Å². The lowest BCUT2D eigenvalue weighted by Crippen LogP contribution is -2.50. The molecule has 8 heteroatoms. The fourth-order valence-electron chi connectivity index (χ4n) is 3.51. The summed E-state index contributed by atoms with van der Waals surface area (Å²) >= 11 is 0. The lowest BCUT2D eigenvalue weighted by molar-refractivity contribution is -0.186. The Bertz CT molecular complexity index is 858. The van der Waals surface area contributed by atoms with E-state index in [1.807, 2.05) is 67.6 Å². The minimum Gasteiger partial charge on any atom is -0.445 e. The average Bonchev–Trinajstić information content (AvgIpc) is 2.78. The van der Waals surface area contributed by atoms with E-state index >= 15 is 0 Å². The fraction of sp³-hybridized carbons (Fsp3) is 0.409. The molecular weight excluding hydrogens is 384 g/mol. The van der Waals surface area contributed by atoms with Gasteiger partial charge in [-0.15, -0.1) is 0 Å². The van der Waals surface area contributed by atoms with Crippen LogP contribution in [0, 0.1) is 0 Å². The molecule has 1 saturated heterocycles. The second kappa shape index (κ2) is 10.6. The lowest BCUT2D eigenvalue weighted by Gasteiger charge is -2.39. The topological polar surface area (TPSA) is 108 Å². The molecule has 1 fully saturated rings. The van der Waals surface area contributed by atoms with E-state index in [9.17, 15) is 9.90 Å². The number of amides is 1. The first-order chi connectivity index (χ1) is 14.6. The van der Waals surface area contributed by atoms with E-state index < -0.39 is 24.5 Å². The molecule has 2 unspecified atom stereocenters. The predicted octanol–water partition coefficient (Wildman–Crippen LogP) is 4.39. The highest BCUT2D eigenvalue weighted by molar-refractivity contribution is 5.68. The highest BCUT2D eigenvalue weighted by Crippen LogP contribution is 2.26. The molecule has 0 bridgehead atoms. The largest absolute Gasteiger partial charge is 0.445 e. The van der Waals surface area contributed by atoms with Crippen molar-refractivity contribution in [2.75, 3.05) is 0 Å².